The van der Waals surface area contributed by atoms with Crippen molar-refractivity contribution in [3.63, 3.8) is 0 Å². The molecule has 1 aromatic heterocycles. The van der Waals surface area contributed by atoms with Crippen molar-refractivity contribution < 1.29 is 0 Å². The van der Waals surface area contributed by atoms with Gasteiger partial charge in [0, 0.05) is 11.6 Å². The van der Waals surface area contributed by atoms with Gasteiger partial charge in [-0.15, -0.1) is 0 Å². The van der Waals surface area contributed by atoms with Gasteiger partial charge in [0.2, 0.25) is 0 Å². The molecule has 0 aliphatic rings. The van der Waals surface area contributed by atoms with Crippen molar-refractivity contribution in [3.8, 4) is 0 Å². The zero-order valence-corrected chi connectivity index (χ0v) is 8.81. The highest BCUT2D eigenvalue weighted by molar-refractivity contribution is 6.35. The Hall–Kier alpha value is -0.990. The number of rotatable bonds is 2. The number of halogens is 1. The molecule has 1 heterocycles. The molecule has 3 N–H and O–H groups in total. The zero-order valence-electron chi connectivity index (χ0n) is 8.05. The summed E-state index contributed by atoms with van der Waals surface area (Å²) in [7, 11) is 0. The number of nitrogens with one attached hydrogen (secondary N) is 1. The first-order chi connectivity index (χ1) is 6.72. The second-order valence-corrected chi connectivity index (χ2v) is 3.99. The third kappa shape index (κ3) is 1.51. The molecule has 0 fully saturated rings. The first-order valence-corrected chi connectivity index (χ1v) is 5.06. The van der Waals surface area contributed by atoms with Crippen LogP contribution in [0.3, 0.4) is 0 Å². The van der Waals surface area contributed by atoms with E-state index in [9.17, 15) is 0 Å². The van der Waals surface area contributed by atoms with Gasteiger partial charge in [0.25, 0.3) is 0 Å². The van der Waals surface area contributed by atoms with Crippen LogP contribution in [0.1, 0.15) is 18.4 Å². The fourth-order valence-corrected chi connectivity index (χ4v) is 1.86. The average Bonchev–Trinajstić information content (AvgIpc) is 2.64. The Kier molecular flexibility index (Phi) is 2.48. The van der Waals surface area contributed by atoms with Crippen molar-refractivity contribution in [2.45, 2.75) is 12.8 Å². The highest BCUT2D eigenvalue weighted by Gasteiger charge is 2.07. The maximum atomic E-state index is 6.13. The Morgan fingerprint density at radius 1 is 1.50 bits per heavy atom. The van der Waals surface area contributed by atoms with E-state index in [1.165, 1.54) is 5.56 Å². The number of benzene rings is 1. The van der Waals surface area contributed by atoms with E-state index >= 15 is 0 Å². The molecule has 2 rings (SSSR count). The molecule has 2 aromatic rings. The normalized spacial score (nSPS) is 13.4. The Morgan fingerprint density at radius 2 is 2.29 bits per heavy atom. The van der Waals surface area contributed by atoms with Crippen molar-refractivity contribution in [1.82, 2.24) is 4.98 Å². The van der Waals surface area contributed by atoms with E-state index in [-0.39, 0.29) is 0 Å². The molecule has 1 unspecified atom stereocenters. The summed E-state index contributed by atoms with van der Waals surface area (Å²) in [4.78, 5) is 3.11. The van der Waals surface area contributed by atoms with Gasteiger partial charge in [0.1, 0.15) is 0 Å². The van der Waals surface area contributed by atoms with Gasteiger partial charge in [-0.3, -0.25) is 0 Å². The van der Waals surface area contributed by atoms with Crippen LogP contribution in [0.2, 0.25) is 5.02 Å². The van der Waals surface area contributed by atoms with E-state index < -0.39 is 0 Å². The summed E-state index contributed by atoms with van der Waals surface area (Å²) in [5.74, 6) is 0.354. The molecule has 3 heteroatoms. The van der Waals surface area contributed by atoms with Crippen LogP contribution in [-0.4, -0.2) is 11.5 Å². The Morgan fingerprint density at radius 3 is 3.00 bits per heavy atom. The number of fused-ring (bicyclic) bond motifs is 1. The number of aromatic amines is 1. The van der Waals surface area contributed by atoms with Crippen LogP contribution in [0, 0.1) is 0 Å². The van der Waals surface area contributed by atoms with Gasteiger partial charge in [-0.25, -0.2) is 0 Å². The lowest BCUT2D eigenvalue weighted by Gasteiger charge is -2.09. The summed E-state index contributed by atoms with van der Waals surface area (Å²) in [6, 6.07) is 6.14. The molecular formula is C11H13ClN2. The molecule has 74 valence electrons. The van der Waals surface area contributed by atoms with Crippen LogP contribution in [0.15, 0.2) is 24.4 Å². The first kappa shape index (κ1) is 9.56. The fraction of sp³-hybridized carbons (Fsp3) is 0.273. The van der Waals surface area contributed by atoms with Gasteiger partial charge in [0.05, 0.1) is 10.5 Å². The number of hydrogen-bond acceptors (Lipinski definition) is 1. The summed E-state index contributed by atoms with van der Waals surface area (Å²) >= 11 is 6.13. The summed E-state index contributed by atoms with van der Waals surface area (Å²) in [6.45, 7) is 2.75. The lowest BCUT2D eigenvalue weighted by atomic mass is 10.00. The van der Waals surface area contributed by atoms with E-state index in [0.29, 0.717) is 12.5 Å². The van der Waals surface area contributed by atoms with E-state index in [2.05, 4.69) is 18.0 Å². The van der Waals surface area contributed by atoms with Crippen LogP contribution < -0.4 is 5.73 Å². The van der Waals surface area contributed by atoms with Crippen LogP contribution >= 0.6 is 11.6 Å². The van der Waals surface area contributed by atoms with Gasteiger partial charge in [-0.2, -0.15) is 0 Å². The van der Waals surface area contributed by atoms with Crippen molar-refractivity contribution in [3.05, 3.63) is 35.0 Å². The fourth-order valence-electron chi connectivity index (χ4n) is 1.57. The van der Waals surface area contributed by atoms with E-state index in [1.54, 1.807) is 0 Å². The molecule has 0 radical (unpaired) electrons. The Bertz CT molecular complexity index is 447. The predicted molar refractivity (Wildman–Crippen MR) is 60.8 cm³/mol. The maximum absolute atomic E-state index is 6.13. The average molecular weight is 209 g/mol. The SMILES string of the molecule is CC(CN)c1cc(Cl)c2[nH]ccc2c1. The molecule has 2 nitrogen and oxygen atoms in total. The monoisotopic (exact) mass is 208 g/mol. The number of hydrogen-bond donors (Lipinski definition) is 2. The smallest absolute Gasteiger partial charge is 0.0649 e. The van der Waals surface area contributed by atoms with Crippen molar-refractivity contribution >= 4 is 22.5 Å². The van der Waals surface area contributed by atoms with E-state index in [1.807, 2.05) is 18.3 Å². The molecular weight excluding hydrogens is 196 g/mol. The number of H-pyrrole nitrogens is 1. The quantitative estimate of drug-likeness (QED) is 0.783. The highest BCUT2D eigenvalue weighted by Crippen LogP contribution is 2.27. The lowest BCUT2D eigenvalue weighted by Crippen LogP contribution is -2.08. The van der Waals surface area contributed by atoms with Gasteiger partial charge < -0.3 is 10.7 Å². The summed E-state index contributed by atoms with van der Waals surface area (Å²) in [5.41, 5.74) is 7.82. The van der Waals surface area contributed by atoms with E-state index in [0.717, 1.165) is 15.9 Å². The molecule has 0 saturated carbocycles. The van der Waals surface area contributed by atoms with Crippen LogP contribution in [0.4, 0.5) is 0 Å². The molecule has 0 saturated heterocycles. The molecule has 0 aliphatic carbocycles. The zero-order chi connectivity index (χ0) is 10.1. The summed E-state index contributed by atoms with van der Waals surface area (Å²) < 4.78 is 0. The molecule has 14 heavy (non-hydrogen) atoms. The molecule has 1 aromatic carbocycles. The minimum absolute atomic E-state index is 0.354. The largest absolute Gasteiger partial charge is 0.360 e. The van der Waals surface area contributed by atoms with Gasteiger partial charge in [-0.1, -0.05) is 18.5 Å². The third-order valence-corrected chi connectivity index (χ3v) is 2.85. The summed E-state index contributed by atoms with van der Waals surface area (Å²) in [5, 5.41) is 1.91. The van der Waals surface area contributed by atoms with Crippen molar-refractivity contribution in [1.29, 1.82) is 0 Å². The topological polar surface area (TPSA) is 41.8 Å². The summed E-state index contributed by atoms with van der Waals surface area (Å²) in [6.07, 6.45) is 1.90. The number of nitrogens with two attached hydrogens (primary N) is 1. The molecule has 0 amide bonds. The lowest BCUT2D eigenvalue weighted by molar-refractivity contribution is 0.775. The maximum Gasteiger partial charge on any atom is 0.0649 e. The third-order valence-electron chi connectivity index (χ3n) is 2.56. The second-order valence-electron chi connectivity index (χ2n) is 3.58. The number of aromatic nitrogens is 1. The molecule has 1 atom stereocenters. The van der Waals surface area contributed by atoms with E-state index in [4.69, 9.17) is 17.3 Å². The minimum atomic E-state index is 0.354. The molecule has 0 spiro atoms. The first-order valence-electron chi connectivity index (χ1n) is 4.69. The van der Waals surface area contributed by atoms with Crippen LogP contribution in [-0.2, 0) is 0 Å². The van der Waals surface area contributed by atoms with Crippen LogP contribution in [0.5, 0.6) is 0 Å². The van der Waals surface area contributed by atoms with Gasteiger partial charge in [-0.05, 0) is 36.2 Å². The Balaban J connectivity index is 2.58. The standard InChI is InChI=1S/C11H13ClN2/c1-7(6-13)9-4-8-2-3-14-11(8)10(12)5-9/h2-5,7,14H,6,13H2,1H3. The van der Waals surface area contributed by atoms with Gasteiger partial charge >= 0.3 is 0 Å². The molecule has 0 aliphatic heterocycles. The highest BCUT2D eigenvalue weighted by atomic mass is 35.5. The second kappa shape index (κ2) is 3.64. The minimum Gasteiger partial charge on any atom is -0.360 e. The predicted octanol–water partition coefficient (Wildman–Crippen LogP) is 2.88. The van der Waals surface area contributed by atoms with Crippen molar-refractivity contribution in [2.75, 3.05) is 6.54 Å². The molecule has 0 bridgehead atoms. The van der Waals surface area contributed by atoms with Crippen molar-refractivity contribution in [2.24, 2.45) is 5.73 Å². The van der Waals surface area contributed by atoms with Crippen LogP contribution in [0.25, 0.3) is 10.9 Å². The van der Waals surface area contributed by atoms with Gasteiger partial charge in [0.15, 0.2) is 0 Å². The Labute approximate surface area is 88.1 Å².